The molecule has 0 bridgehead atoms. The van der Waals surface area contributed by atoms with Crippen LogP contribution in [0.25, 0.3) is 6.08 Å². The first-order valence-corrected chi connectivity index (χ1v) is 12.9. The minimum atomic E-state index is -0.366. The Balaban J connectivity index is 1.50. The largest absolute Gasteiger partial charge is 0.497 e. The van der Waals surface area contributed by atoms with Crippen LogP contribution in [0.15, 0.2) is 83.5 Å². The van der Waals surface area contributed by atoms with Gasteiger partial charge in [0.2, 0.25) is 0 Å². The van der Waals surface area contributed by atoms with Gasteiger partial charge in [0.1, 0.15) is 17.3 Å². The van der Waals surface area contributed by atoms with E-state index in [-0.39, 0.29) is 5.97 Å². The van der Waals surface area contributed by atoms with E-state index in [0.717, 1.165) is 42.2 Å². The quantitative estimate of drug-likeness (QED) is 0.281. The molecule has 0 aromatic heterocycles. The molecule has 0 radical (unpaired) electrons. The highest BCUT2D eigenvalue weighted by Crippen LogP contribution is 2.24. The van der Waals surface area contributed by atoms with E-state index in [1.54, 1.807) is 32.2 Å². The van der Waals surface area contributed by atoms with Crippen molar-refractivity contribution in [2.24, 2.45) is 4.99 Å². The van der Waals surface area contributed by atoms with Crippen molar-refractivity contribution in [1.82, 2.24) is 4.90 Å². The summed E-state index contributed by atoms with van der Waals surface area (Å²) in [6.45, 7) is 6.12. The van der Waals surface area contributed by atoms with Gasteiger partial charge < -0.3 is 23.8 Å². The minimum Gasteiger partial charge on any atom is -0.497 e. The van der Waals surface area contributed by atoms with Crippen molar-refractivity contribution in [2.45, 2.75) is 26.7 Å². The summed E-state index contributed by atoms with van der Waals surface area (Å²) in [7, 11) is 1.65. The first kappa shape index (κ1) is 26.8. The third-order valence-corrected chi connectivity index (χ3v) is 5.99. The molecule has 0 N–H and O–H groups in total. The molecule has 38 heavy (non-hydrogen) atoms. The number of esters is 1. The lowest BCUT2D eigenvalue weighted by Crippen LogP contribution is -2.26. The van der Waals surface area contributed by atoms with Crippen molar-refractivity contribution in [3.8, 4) is 11.5 Å². The molecule has 1 saturated heterocycles. The zero-order chi connectivity index (χ0) is 26.7. The number of nitrogens with zero attached hydrogens (tertiary/aromatic N) is 2. The third kappa shape index (κ3) is 7.38. The van der Waals surface area contributed by atoms with Gasteiger partial charge in [-0.1, -0.05) is 30.3 Å². The van der Waals surface area contributed by atoms with Gasteiger partial charge in [-0.2, -0.15) is 4.99 Å². The van der Waals surface area contributed by atoms with Crippen molar-refractivity contribution in [2.75, 3.05) is 33.4 Å². The molecule has 1 aliphatic heterocycles. The van der Waals surface area contributed by atoms with Crippen molar-refractivity contribution in [1.29, 1.82) is 0 Å². The van der Waals surface area contributed by atoms with Crippen molar-refractivity contribution in [3.05, 3.63) is 95.2 Å². The Bertz CT molecular complexity index is 1270. The third-order valence-electron chi connectivity index (χ3n) is 5.99. The predicted molar refractivity (Wildman–Crippen MR) is 149 cm³/mol. The number of aryl methyl sites for hydroxylation is 1. The second kappa shape index (κ2) is 13.3. The van der Waals surface area contributed by atoms with Crippen LogP contribution in [0.5, 0.6) is 11.5 Å². The van der Waals surface area contributed by atoms with E-state index in [0.29, 0.717) is 37.0 Å². The van der Waals surface area contributed by atoms with Crippen LogP contribution in [0.3, 0.4) is 0 Å². The first-order valence-electron chi connectivity index (χ1n) is 12.9. The molecule has 7 heteroatoms. The SMILES string of the molecule is CCOC(=O)c1cccc(N=C2O/C(=C/c3ccc(OC)cc3)CN2CCCc2ccc(OCC)cc2)c1. The number of carbonyl (C=O) groups excluding carboxylic acids is 1. The molecule has 0 amide bonds. The van der Waals surface area contributed by atoms with Gasteiger partial charge in [-0.3, -0.25) is 0 Å². The summed E-state index contributed by atoms with van der Waals surface area (Å²) in [4.78, 5) is 19.1. The molecule has 0 unspecified atom stereocenters. The highest BCUT2D eigenvalue weighted by molar-refractivity contribution is 5.91. The number of carbonyl (C=O) groups is 1. The summed E-state index contributed by atoms with van der Waals surface area (Å²) in [6.07, 6.45) is 3.86. The van der Waals surface area contributed by atoms with Crippen molar-refractivity contribution in [3.63, 3.8) is 0 Å². The summed E-state index contributed by atoms with van der Waals surface area (Å²) in [5, 5.41) is 0. The standard InChI is InChI=1S/C31H34N2O5/c1-4-36-28-17-11-23(12-18-28)8-7-19-33-22-29(20-24-13-15-27(35-3)16-14-24)38-31(33)32-26-10-6-9-25(21-26)30(34)37-5-2/h6,9-18,20-21H,4-5,7-8,19,22H2,1-3H3/b29-20+,32-31?. The molecule has 0 saturated carbocycles. The van der Waals surface area contributed by atoms with Gasteiger partial charge in [-0.15, -0.1) is 0 Å². The van der Waals surface area contributed by atoms with Crippen molar-refractivity contribution >= 4 is 23.8 Å². The Morgan fingerprint density at radius 1 is 1.00 bits per heavy atom. The molecule has 0 spiro atoms. The van der Waals surface area contributed by atoms with Crippen LogP contribution >= 0.6 is 0 Å². The van der Waals surface area contributed by atoms with E-state index in [1.165, 1.54) is 5.56 Å². The molecule has 1 aliphatic rings. The van der Waals surface area contributed by atoms with Gasteiger partial charge in [0, 0.05) is 6.54 Å². The van der Waals surface area contributed by atoms with E-state index in [9.17, 15) is 4.79 Å². The predicted octanol–water partition coefficient (Wildman–Crippen LogP) is 6.26. The fraction of sp³-hybridized carbons (Fsp3) is 0.290. The number of hydrogen-bond donors (Lipinski definition) is 0. The number of ether oxygens (including phenoxy) is 4. The lowest BCUT2D eigenvalue weighted by Gasteiger charge is -2.15. The maximum Gasteiger partial charge on any atom is 0.338 e. The number of rotatable bonds is 11. The average molecular weight is 515 g/mol. The second-order valence-corrected chi connectivity index (χ2v) is 8.75. The van der Waals surface area contributed by atoms with E-state index < -0.39 is 0 Å². The maximum atomic E-state index is 12.2. The minimum absolute atomic E-state index is 0.322. The van der Waals surface area contributed by atoms with Crippen LogP contribution in [0.1, 0.15) is 41.8 Å². The van der Waals surface area contributed by atoms with E-state index >= 15 is 0 Å². The zero-order valence-electron chi connectivity index (χ0n) is 22.2. The lowest BCUT2D eigenvalue weighted by molar-refractivity contribution is 0.0526. The lowest BCUT2D eigenvalue weighted by atomic mass is 10.1. The van der Waals surface area contributed by atoms with Crippen molar-refractivity contribution < 1.29 is 23.7 Å². The second-order valence-electron chi connectivity index (χ2n) is 8.75. The monoisotopic (exact) mass is 514 g/mol. The molecule has 0 atom stereocenters. The zero-order valence-corrected chi connectivity index (χ0v) is 22.2. The maximum absolute atomic E-state index is 12.2. The van der Waals surface area contributed by atoms with Crippen LogP contribution in [0, 0.1) is 0 Å². The fourth-order valence-corrected chi connectivity index (χ4v) is 4.12. The Labute approximate surface area is 224 Å². The number of methoxy groups -OCH3 is 1. The summed E-state index contributed by atoms with van der Waals surface area (Å²) in [5.41, 5.74) is 3.36. The van der Waals surface area contributed by atoms with Crippen LogP contribution < -0.4 is 9.47 Å². The highest BCUT2D eigenvalue weighted by atomic mass is 16.5. The number of amidine groups is 1. The van der Waals surface area contributed by atoms with Gasteiger partial charge in [0.05, 0.1) is 38.1 Å². The van der Waals surface area contributed by atoms with Crippen LogP contribution in [-0.4, -0.2) is 50.3 Å². The summed E-state index contributed by atoms with van der Waals surface area (Å²) < 4.78 is 22.1. The van der Waals surface area contributed by atoms with Gasteiger partial charge in [-0.05, 0) is 86.4 Å². The van der Waals surface area contributed by atoms with Gasteiger partial charge >= 0.3 is 5.97 Å². The van der Waals surface area contributed by atoms with E-state index in [2.05, 4.69) is 17.0 Å². The number of hydrogen-bond acceptors (Lipinski definition) is 6. The topological polar surface area (TPSA) is 69.6 Å². The summed E-state index contributed by atoms with van der Waals surface area (Å²) in [6, 6.07) is 23.7. The molecule has 1 fully saturated rings. The number of benzene rings is 3. The molecule has 3 aromatic rings. The van der Waals surface area contributed by atoms with E-state index in [4.69, 9.17) is 23.9 Å². The average Bonchev–Trinajstić information content (AvgIpc) is 3.31. The van der Waals surface area contributed by atoms with E-state index in [1.807, 2.05) is 55.5 Å². The van der Waals surface area contributed by atoms with Gasteiger partial charge in [0.25, 0.3) is 6.02 Å². The van der Waals surface area contributed by atoms with Crippen LogP contribution in [0.2, 0.25) is 0 Å². The molecule has 198 valence electrons. The molecule has 4 rings (SSSR count). The molecule has 3 aromatic carbocycles. The summed E-state index contributed by atoms with van der Waals surface area (Å²) in [5.74, 6) is 2.13. The Kier molecular flexibility index (Phi) is 9.40. The van der Waals surface area contributed by atoms with Gasteiger partial charge in [0.15, 0.2) is 0 Å². The first-order chi connectivity index (χ1) is 18.6. The molecule has 1 heterocycles. The molecule has 0 aliphatic carbocycles. The highest BCUT2D eigenvalue weighted by Gasteiger charge is 2.25. The fourth-order valence-electron chi connectivity index (χ4n) is 4.12. The van der Waals surface area contributed by atoms with Crippen LogP contribution in [-0.2, 0) is 15.9 Å². The molecular weight excluding hydrogens is 480 g/mol. The van der Waals surface area contributed by atoms with Crippen LogP contribution in [0.4, 0.5) is 5.69 Å². The Morgan fingerprint density at radius 3 is 2.47 bits per heavy atom. The normalized spacial score (nSPS) is 15.0. The van der Waals surface area contributed by atoms with Gasteiger partial charge in [-0.25, -0.2) is 4.79 Å². The molecular formula is C31H34N2O5. The summed E-state index contributed by atoms with van der Waals surface area (Å²) >= 11 is 0. The Hall–Kier alpha value is -4.26. The Morgan fingerprint density at radius 2 is 1.76 bits per heavy atom. The smallest absolute Gasteiger partial charge is 0.338 e. The number of aliphatic imine (C=N–C) groups is 1. The molecule has 7 nitrogen and oxygen atoms in total.